The molecule has 0 radical (unpaired) electrons. The number of furan rings is 1. The van der Waals surface area contributed by atoms with Crippen LogP contribution in [-0.2, 0) is 0 Å². The van der Waals surface area contributed by atoms with Crippen molar-refractivity contribution in [1.82, 2.24) is 20.0 Å². The van der Waals surface area contributed by atoms with Gasteiger partial charge in [0.15, 0.2) is 11.5 Å². The molecule has 0 aliphatic carbocycles. The number of rotatable bonds is 5. The van der Waals surface area contributed by atoms with Crippen molar-refractivity contribution in [3.05, 3.63) is 59.4 Å². The second-order valence-electron chi connectivity index (χ2n) is 7.07. The molecular weight excluding hydrogens is 411 g/mol. The first kappa shape index (κ1) is 21.4. The smallest absolute Gasteiger partial charge is 0.274 e. The number of halogens is 2. The van der Waals surface area contributed by atoms with Gasteiger partial charge in [0.2, 0.25) is 0 Å². The Labute approximate surface area is 181 Å². The zero-order valence-corrected chi connectivity index (χ0v) is 17.7. The first-order valence-electron chi connectivity index (χ1n) is 9.49. The number of carbonyl (C=O) groups is 1. The van der Waals surface area contributed by atoms with Gasteiger partial charge in [-0.2, -0.15) is 5.10 Å². The van der Waals surface area contributed by atoms with Crippen molar-refractivity contribution in [2.24, 2.45) is 5.92 Å². The third-order valence-corrected chi connectivity index (χ3v) is 5.42. The van der Waals surface area contributed by atoms with Crippen molar-refractivity contribution in [3.8, 4) is 17.1 Å². The lowest BCUT2D eigenvalue weighted by molar-refractivity contribution is 0.0684. The molecule has 0 unspecified atom stereocenters. The summed E-state index contributed by atoms with van der Waals surface area (Å²) < 4.78 is 7.30. The van der Waals surface area contributed by atoms with E-state index in [-0.39, 0.29) is 18.3 Å². The predicted octanol–water partition coefficient (Wildman–Crippen LogP) is 4.28. The Morgan fingerprint density at radius 3 is 2.59 bits per heavy atom. The van der Waals surface area contributed by atoms with E-state index in [1.165, 1.54) is 0 Å². The maximum absolute atomic E-state index is 13.1. The number of benzene rings is 1. The number of likely N-dealkylation sites (tertiary alicyclic amines) is 1. The molecule has 0 spiro atoms. The summed E-state index contributed by atoms with van der Waals surface area (Å²) in [7, 11) is 1.97. The van der Waals surface area contributed by atoms with Crippen LogP contribution in [0.5, 0.6) is 0 Å². The number of nitrogens with one attached hydrogen (secondary N) is 1. The minimum absolute atomic E-state index is 0. The number of piperidine rings is 1. The lowest BCUT2D eigenvalue weighted by Gasteiger charge is -2.31. The molecule has 3 aromatic rings. The highest BCUT2D eigenvalue weighted by atomic mass is 35.5. The highest BCUT2D eigenvalue weighted by molar-refractivity contribution is 6.30. The van der Waals surface area contributed by atoms with E-state index in [1.807, 2.05) is 36.2 Å². The van der Waals surface area contributed by atoms with Gasteiger partial charge in [0.1, 0.15) is 5.69 Å². The van der Waals surface area contributed by atoms with Crippen LogP contribution in [0.4, 0.5) is 0 Å². The van der Waals surface area contributed by atoms with E-state index in [0.29, 0.717) is 22.4 Å². The van der Waals surface area contributed by atoms with Gasteiger partial charge >= 0.3 is 0 Å². The van der Waals surface area contributed by atoms with Gasteiger partial charge in [0.05, 0.1) is 12.0 Å². The Morgan fingerprint density at radius 2 is 1.97 bits per heavy atom. The van der Waals surface area contributed by atoms with E-state index in [1.54, 1.807) is 29.1 Å². The SMILES string of the molecule is CNCC1CCN(C(=O)c2cc(-c3ccco3)n(-c3ccc(Cl)cc3)n2)CC1.Cl. The number of carbonyl (C=O) groups excluding carboxylic acids is 1. The van der Waals surface area contributed by atoms with Crippen LogP contribution < -0.4 is 5.32 Å². The molecule has 3 heterocycles. The molecule has 1 amide bonds. The number of nitrogens with zero attached hydrogens (tertiary/aromatic N) is 3. The van der Waals surface area contributed by atoms with Gasteiger partial charge < -0.3 is 14.6 Å². The first-order valence-corrected chi connectivity index (χ1v) is 9.87. The van der Waals surface area contributed by atoms with Gasteiger partial charge in [0, 0.05) is 24.2 Å². The fourth-order valence-corrected chi connectivity index (χ4v) is 3.78. The average molecular weight is 435 g/mol. The molecule has 1 aromatic carbocycles. The third kappa shape index (κ3) is 4.66. The van der Waals surface area contributed by atoms with E-state index in [9.17, 15) is 4.79 Å². The van der Waals surface area contributed by atoms with Crippen molar-refractivity contribution in [2.45, 2.75) is 12.8 Å². The Morgan fingerprint density at radius 1 is 1.24 bits per heavy atom. The molecule has 1 aliphatic rings. The summed E-state index contributed by atoms with van der Waals surface area (Å²) in [5.74, 6) is 1.25. The second-order valence-corrected chi connectivity index (χ2v) is 7.51. The fraction of sp³-hybridized carbons (Fsp3) is 0.333. The van der Waals surface area contributed by atoms with Crippen LogP contribution in [0.2, 0.25) is 5.02 Å². The van der Waals surface area contributed by atoms with Gasteiger partial charge in [-0.3, -0.25) is 4.79 Å². The van der Waals surface area contributed by atoms with Crippen molar-refractivity contribution in [2.75, 3.05) is 26.7 Å². The van der Waals surface area contributed by atoms with E-state index < -0.39 is 0 Å². The molecule has 4 rings (SSSR count). The van der Waals surface area contributed by atoms with Crippen LogP contribution >= 0.6 is 24.0 Å². The first-order chi connectivity index (χ1) is 13.7. The summed E-state index contributed by atoms with van der Waals surface area (Å²) in [6.45, 7) is 2.51. The molecule has 1 saturated heterocycles. The van der Waals surface area contributed by atoms with E-state index in [2.05, 4.69) is 10.4 Å². The summed E-state index contributed by atoms with van der Waals surface area (Å²) in [6.07, 6.45) is 3.63. The quantitative estimate of drug-likeness (QED) is 0.650. The molecule has 2 aromatic heterocycles. The lowest BCUT2D eigenvalue weighted by atomic mass is 9.96. The molecule has 8 heteroatoms. The summed E-state index contributed by atoms with van der Waals surface area (Å²) in [4.78, 5) is 15.0. The largest absolute Gasteiger partial charge is 0.463 e. The topological polar surface area (TPSA) is 63.3 Å². The van der Waals surface area contributed by atoms with Crippen molar-refractivity contribution in [1.29, 1.82) is 0 Å². The number of amides is 1. The molecular formula is C21H24Cl2N4O2. The molecule has 29 heavy (non-hydrogen) atoms. The monoisotopic (exact) mass is 434 g/mol. The number of hydrogen-bond donors (Lipinski definition) is 1. The van der Waals surface area contributed by atoms with Crippen LogP contribution in [0.15, 0.2) is 53.1 Å². The third-order valence-electron chi connectivity index (χ3n) is 5.17. The van der Waals surface area contributed by atoms with Crippen LogP contribution in [-0.4, -0.2) is 47.3 Å². The van der Waals surface area contributed by atoms with Crippen LogP contribution in [0.1, 0.15) is 23.3 Å². The van der Waals surface area contributed by atoms with Gasteiger partial charge in [-0.15, -0.1) is 12.4 Å². The van der Waals surface area contributed by atoms with Gasteiger partial charge in [-0.05, 0) is 68.8 Å². The van der Waals surface area contributed by atoms with E-state index in [0.717, 1.165) is 43.9 Å². The van der Waals surface area contributed by atoms with E-state index in [4.69, 9.17) is 16.0 Å². The second kappa shape index (κ2) is 9.48. The number of aromatic nitrogens is 2. The molecule has 1 N–H and O–H groups in total. The van der Waals surface area contributed by atoms with Crippen molar-refractivity contribution in [3.63, 3.8) is 0 Å². The predicted molar refractivity (Wildman–Crippen MR) is 116 cm³/mol. The highest BCUT2D eigenvalue weighted by Crippen LogP contribution is 2.26. The Kier molecular flexibility index (Phi) is 7.00. The minimum Gasteiger partial charge on any atom is -0.463 e. The average Bonchev–Trinajstić information content (AvgIpc) is 3.39. The fourth-order valence-electron chi connectivity index (χ4n) is 3.66. The highest BCUT2D eigenvalue weighted by Gasteiger charge is 2.26. The number of hydrogen-bond acceptors (Lipinski definition) is 4. The maximum atomic E-state index is 13.1. The van der Waals surface area contributed by atoms with Crippen LogP contribution in [0.25, 0.3) is 17.1 Å². The van der Waals surface area contributed by atoms with Crippen molar-refractivity contribution < 1.29 is 9.21 Å². The molecule has 154 valence electrons. The summed E-state index contributed by atoms with van der Waals surface area (Å²) in [5, 5.41) is 8.48. The Hall–Kier alpha value is -2.28. The molecule has 0 atom stereocenters. The summed E-state index contributed by atoms with van der Waals surface area (Å²) >= 11 is 6.02. The standard InChI is InChI=1S/C21H23ClN4O2.ClH/c1-23-14-15-8-10-25(11-9-15)21(27)18-13-19(20-3-2-12-28-20)26(24-18)17-6-4-16(22)5-7-17;/h2-7,12-13,15,23H,8-11,14H2,1H3;1H. The normalized spacial score (nSPS) is 14.6. The van der Waals surface area contributed by atoms with Gasteiger partial charge in [-0.1, -0.05) is 11.6 Å². The van der Waals surface area contributed by atoms with Crippen LogP contribution in [0.3, 0.4) is 0 Å². The molecule has 6 nitrogen and oxygen atoms in total. The summed E-state index contributed by atoms with van der Waals surface area (Å²) in [6, 6.07) is 12.8. The van der Waals surface area contributed by atoms with E-state index >= 15 is 0 Å². The molecule has 1 aliphatic heterocycles. The Bertz CT molecular complexity index is 930. The zero-order valence-electron chi connectivity index (χ0n) is 16.2. The van der Waals surface area contributed by atoms with Crippen LogP contribution in [0, 0.1) is 5.92 Å². The molecule has 0 bridgehead atoms. The minimum atomic E-state index is -0.0385. The zero-order chi connectivity index (χ0) is 19.5. The van der Waals surface area contributed by atoms with Gasteiger partial charge in [0.25, 0.3) is 5.91 Å². The summed E-state index contributed by atoms with van der Waals surface area (Å²) in [5.41, 5.74) is 1.98. The lowest BCUT2D eigenvalue weighted by Crippen LogP contribution is -2.40. The maximum Gasteiger partial charge on any atom is 0.274 e. The van der Waals surface area contributed by atoms with Gasteiger partial charge in [-0.25, -0.2) is 4.68 Å². The molecule has 1 fully saturated rings. The van der Waals surface area contributed by atoms with Crippen molar-refractivity contribution >= 4 is 29.9 Å². The Balaban J connectivity index is 0.00000240. The molecule has 0 saturated carbocycles.